The summed E-state index contributed by atoms with van der Waals surface area (Å²) in [5.41, 5.74) is 8.85. The first-order valence-corrected chi connectivity index (χ1v) is 28.8. The lowest BCUT2D eigenvalue weighted by Gasteiger charge is -2.32. The average molecular weight is 1190 g/mol. The summed E-state index contributed by atoms with van der Waals surface area (Å²) in [5, 5.41) is 61.2. The maximum atomic E-state index is 14.4. The van der Waals surface area contributed by atoms with Crippen LogP contribution in [-0.4, -0.2) is 223 Å². The van der Waals surface area contributed by atoms with E-state index in [1.165, 1.54) is 12.1 Å². The highest BCUT2D eigenvalue weighted by Gasteiger charge is 2.28. The summed E-state index contributed by atoms with van der Waals surface area (Å²) in [5.74, 6) is -5.27. The number of unbranched alkanes of at least 4 members (excludes halogenated alkanes) is 2. The van der Waals surface area contributed by atoms with Gasteiger partial charge in [0.2, 0.25) is 29.5 Å². The second-order valence-electron chi connectivity index (χ2n) is 20.5. The van der Waals surface area contributed by atoms with Crippen LogP contribution < -0.4 is 48.3 Å². The quantitative estimate of drug-likeness (QED) is 0.0217. The number of anilines is 1. The van der Waals surface area contributed by atoms with E-state index in [2.05, 4.69) is 47.5 Å². The fourth-order valence-corrected chi connectivity index (χ4v) is 9.09. The van der Waals surface area contributed by atoms with Crippen molar-refractivity contribution in [2.24, 2.45) is 10.7 Å². The molecule has 1 saturated heterocycles. The van der Waals surface area contributed by atoms with Crippen molar-refractivity contribution in [3.05, 3.63) is 95.6 Å². The monoisotopic (exact) mass is 1190 g/mol. The Hall–Kier alpha value is -8.40. The number of hydrogen-bond donors (Lipinski definition) is 13. The van der Waals surface area contributed by atoms with Crippen molar-refractivity contribution in [1.29, 1.82) is 0 Å². The van der Waals surface area contributed by atoms with Crippen molar-refractivity contribution in [3.8, 4) is 5.75 Å². The summed E-state index contributed by atoms with van der Waals surface area (Å²) in [6, 6.07) is 21.3. The van der Waals surface area contributed by atoms with E-state index in [0.717, 1.165) is 11.3 Å². The van der Waals surface area contributed by atoms with Gasteiger partial charge in [-0.1, -0.05) is 67.9 Å². The largest absolute Gasteiger partial charge is 0.508 e. The van der Waals surface area contributed by atoms with Crippen molar-refractivity contribution in [2.75, 3.05) is 123 Å². The zero-order valence-electron chi connectivity index (χ0n) is 48.5. The second-order valence-corrected chi connectivity index (χ2v) is 20.5. The molecular weight excluding hydrogens is 1100 g/mol. The van der Waals surface area contributed by atoms with Gasteiger partial charge in [0.25, 0.3) is 0 Å². The molecule has 7 amide bonds. The van der Waals surface area contributed by atoms with Crippen LogP contribution in [0.25, 0.3) is 0 Å². The third-order valence-electron chi connectivity index (χ3n) is 13.7. The number of nitrogens with two attached hydrogens (primary N) is 1. The van der Waals surface area contributed by atoms with Gasteiger partial charge in [-0.3, -0.25) is 58.0 Å². The number of rotatable bonds is 34. The van der Waals surface area contributed by atoms with Crippen molar-refractivity contribution < 1.29 is 63.6 Å². The molecule has 2 atom stereocenters. The van der Waals surface area contributed by atoms with Crippen molar-refractivity contribution >= 4 is 65.1 Å². The topological polar surface area (TPSA) is 382 Å². The number of hydrogen-bond acceptors (Lipinski definition) is 15. The van der Waals surface area contributed by atoms with Gasteiger partial charge in [-0.05, 0) is 73.1 Å². The number of urea groups is 1. The molecule has 3 aromatic rings. The van der Waals surface area contributed by atoms with Gasteiger partial charge in [0.15, 0.2) is 5.96 Å². The van der Waals surface area contributed by atoms with Crippen LogP contribution >= 0.6 is 0 Å². The molecule has 1 fully saturated rings. The van der Waals surface area contributed by atoms with Gasteiger partial charge < -0.3 is 68.7 Å². The third kappa shape index (κ3) is 29.6. The molecule has 1 aliphatic rings. The summed E-state index contributed by atoms with van der Waals surface area (Å²) in [7, 11) is 0. The summed E-state index contributed by atoms with van der Waals surface area (Å²) in [4.78, 5) is 123. The zero-order chi connectivity index (χ0) is 61.8. The molecule has 14 N–H and O–H groups in total. The number of amides is 7. The van der Waals surface area contributed by atoms with E-state index in [-0.39, 0.29) is 114 Å². The number of carboxylic acid groups (broad SMARTS) is 3. The van der Waals surface area contributed by atoms with Gasteiger partial charge in [0.1, 0.15) is 11.8 Å². The number of aliphatic imine (C=N–C) groups is 1. The van der Waals surface area contributed by atoms with E-state index in [4.69, 9.17) is 5.73 Å². The fraction of sp³-hybridized carbons (Fsp3) is 0.517. The van der Waals surface area contributed by atoms with Crippen LogP contribution in [0.2, 0.25) is 0 Å². The molecule has 0 radical (unpaired) electrons. The smallest absolute Gasteiger partial charge is 0.344 e. The number of phenols is 1. The van der Waals surface area contributed by atoms with E-state index >= 15 is 0 Å². The van der Waals surface area contributed by atoms with Crippen molar-refractivity contribution in [1.82, 2.24) is 56.8 Å². The van der Waals surface area contributed by atoms with Gasteiger partial charge in [-0.2, -0.15) is 4.99 Å². The van der Waals surface area contributed by atoms with Crippen LogP contribution in [0, 0.1) is 0 Å². The number of guanidine groups is 1. The van der Waals surface area contributed by atoms with Crippen LogP contribution in [0.3, 0.4) is 0 Å². The molecule has 1 heterocycles. The van der Waals surface area contributed by atoms with E-state index in [9.17, 15) is 63.6 Å². The number of nitrogens with one attached hydrogen (secondary N) is 8. The molecule has 3 aromatic carbocycles. The third-order valence-corrected chi connectivity index (χ3v) is 13.7. The maximum Gasteiger partial charge on any atom is 0.344 e. The maximum absolute atomic E-state index is 14.4. The Morgan fingerprint density at radius 2 is 1.04 bits per heavy atom. The van der Waals surface area contributed by atoms with Crippen LogP contribution in [0.15, 0.2) is 83.9 Å². The first kappa shape index (κ1) is 69.1. The number of phenolic OH excluding ortho intramolecular Hbond substituents is 1. The van der Waals surface area contributed by atoms with Crippen LogP contribution in [0.4, 0.5) is 10.5 Å². The average Bonchev–Trinajstić information content (AvgIpc) is 3.59. The lowest BCUT2D eigenvalue weighted by atomic mass is 9.90. The first-order valence-electron chi connectivity index (χ1n) is 28.8. The molecule has 466 valence electrons. The number of nitrogens with zero attached hydrogens (tertiary/aromatic N) is 5. The first-order chi connectivity index (χ1) is 40.9. The Kier molecular flexibility index (Phi) is 31.9. The lowest BCUT2D eigenvalue weighted by Crippen LogP contribution is -2.49. The molecule has 0 aliphatic carbocycles. The summed E-state index contributed by atoms with van der Waals surface area (Å²) in [6.45, 7) is 5.50. The van der Waals surface area contributed by atoms with Crippen LogP contribution in [0.5, 0.6) is 5.75 Å². The zero-order valence-corrected chi connectivity index (χ0v) is 48.5. The summed E-state index contributed by atoms with van der Waals surface area (Å²) in [6.07, 6.45) is 3.77. The Bertz CT molecular complexity index is 2580. The molecule has 0 bridgehead atoms. The molecule has 0 spiro atoms. The fourth-order valence-electron chi connectivity index (χ4n) is 9.09. The predicted molar refractivity (Wildman–Crippen MR) is 318 cm³/mol. The highest BCUT2D eigenvalue weighted by atomic mass is 16.4. The lowest BCUT2D eigenvalue weighted by molar-refractivity contribution is -0.140. The normalized spacial score (nSPS) is 14.7. The number of aromatic hydroxyl groups is 1. The summed E-state index contributed by atoms with van der Waals surface area (Å²) >= 11 is 0. The molecule has 1 aliphatic heterocycles. The van der Waals surface area contributed by atoms with Crippen LogP contribution in [-0.2, 0) is 44.9 Å². The van der Waals surface area contributed by atoms with Gasteiger partial charge in [0.05, 0.1) is 32.1 Å². The van der Waals surface area contributed by atoms with Crippen LogP contribution in [0.1, 0.15) is 80.9 Å². The van der Waals surface area contributed by atoms with Gasteiger partial charge in [-0.15, -0.1) is 0 Å². The molecule has 4 rings (SSSR count). The minimum atomic E-state index is -1.04. The van der Waals surface area contributed by atoms with E-state index in [1.807, 2.05) is 59.5 Å². The standard InChI is InChI=1S/C58H86N14O13/c1-2-48(74)63-27-28-65-58(85)68-57(59)64-24-9-13-47(55(83)66-37-42-15-21-46(73)22-16-42)67-56(84)54(43-11-5-3-6-12-43)44-17-19-45(20-18-44)60-25-10-26-61-49(75)14-7-4-8-23-62-50(76)38-69-29-31-70(39-51(77)78)33-35-72(41-53(81)82)36-34-71(32-30-69)40-52(79)80/h3,5-6,11-12,15-22,47,54,60,73H,2,4,7-10,13-14,23-41H2,1H3,(H,61,75)(H,62,76)(H,63,74)(H,66,83)(H,67,84)(H,77,78)(H,79,80)(H,81,82)(H4,59,64,65,68,85)/t47-,54?/m1/s1. The van der Waals surface area contributed by atoms with Crippen molar-refractivity contribution in [2.45, 2.75) is 76.8 Å². The van der Waals surface area contributed by atoms with Gasteiger partial charge >= 0.3 is 23.9 Å². The minimum absolute atomic E-state index is 0.0190. The Morgan fingerprint density at radius 1 is 0.518 bits per heavy atom. The molecule has 27 heteroatoms. The van der Waals surface area contributed by atoms with Gasteiger partial charge in [0, 0.05) is 117 Å². The molecule has 0 aromatic heterocycles. The molecule has 1 unspecified atom stereocenters. The number of carboxylic acids is 3. The highest BCUT2D eigenvalue weighted by Crippen LogP contribution is 2.27. The van der Waals surface area contributed by atoms with E-state index in [0.29, 0.717) is 102 Å². The highest BCUT2D eigenvalue weighted by molar-refractivity contribution is 5.93. The number of carbonyl (C=O) groups is 9. The Labute approximate surface area is 495 Å². The summed E-state index contributed by atoms with van der Waals surface area (Å²) < 4.78 is 0. The molecule has 85 heavy (non-hydrogen) atoms. The SMILES string of the molecule is CCC(=O)NCCNC(=O)/N=C(/N)NCCC[C@@H](NC(=O)C(c1ccccc1)c1ccc(NCCCNC(=O)CCCCCNC(=O)CN2CCN(CC(=O)O)CCN(CC(=O)O)CCN(CC(=O)O)CC2)cc1)C(=O)NCc1ccc(O)cc1. The number of benzene rings is 3. The molecule has 27 nitrogen and oxygen atoms in total. The Balaban J connectivity index is 1.21. The molecular formula is C58H86N14O13. The van der Waals surface area contributed by atoms with E-state index in [1.54, 1.807) is 33.8 Å². The number of carbonyl (C=O) groups excluding carboxylic acids is 6. The van der Waals surface area contributed by atoms with E-state index < -0.39 is 47.7 Å². The second kappa shape index (κ2) is 39.2. The molecule has 0 saturated carbocycles. The van der Waals surface area contributed by atoms with Crippen molar-refractivity contribution in [3.63, 3.8) is 0 Å². The Morgan fingerprint density at radius 3 is 1.61 bits per heavy atom. The van der Waals surface area contributed by atoms with Gasteiger partial charge in [-0.25, -0.2) is 4.79 Å². The minimum Gasteiger partial charge on any atom is -0.508 e. The number of aliphatic carboxylic acids is 3. The predicted octanol–water partition coefficient (Wildman–Crippen LogP) is 0.316.